The summed E-state index contributed by atoms with van der Waals surface area (Å²) in [5, 5.41) is 2.54. The maximum atomic E-state index is 14.5. The summed E-state index contributed by atoms with van der Waals surface area (Å²) in [6.45, 7) is 1.01. The van der Waals surface area contributed by atoms with E-state index in [0.717, 1.165) is 36.1 Å². The molecule has 3 aromatic carbocycles. The topological polar surface area (TPSA) is 41.6 Å². The lowest BCUT2D eigenvalue weighted by molar-refractivity contribution is -0.121. The second kappa shape index (κ2) is 9.71. The standard InChI is InChI=1S/C25H24F2N2O2/c26-21-15-20(16-22(27)24(21)29-13-7-8-14-29)28-23(30)17-31-25(18-9-3-1-4-10-18)19-11-5-2-6-12-19/h1-6,9-12,15-16,25H,7-8,13-14,17H2,(H,28,30). The quantitative estimate of drug-likeness (QED) is 0.561. The van der Waals surface area contributed by atoms with Crippen LogP contribution in [0.5, 0.6) is 0 Å². The van der Waals surface area contributed by atoms with Crippen LogP contribution in [0.3, 0.4) is 0 Å². The number of nitrogens with one attached hydrogen (secondary N) is 1. The normalized spacial score (nSPS) is 13.6. The SMILES string of the molecule is O=C(COC(c1ccccc1)c1ccccc1)Nc1cc(F)c(N2CCCC2)c(F)c1. The Morgan fingerprint density at radius 3 is 1.94 bits per heavy atom. The molecule has 4 nitrogen and oxygen atoms in total. The fourth-order valence-corrected chi connectivity index (χ4v) is 3.88. The third-order valence-electron chi connectivity index (χ3n) is 5.31. The minimum atomic E-state index is -0.676. The van der Waals surface area contributed by atoms with E-state index in [9.17, 15) is 13.6 Å². The molecule has 160 valence electrons. The number of nitrogens with zero attached hydrogens (tertiary/aromatic N) is 1. The van der Waals surface area contributed by atoms with Crippen molar-refractivity contribution in [2.24, 2.45) is 0 Å². The van der Waals surface area contributed by atoms with Gasteiger partial charge in [0.05, 0.1) is 0 Å². The lowest BCUT2D eigenvalue weighted by Crippen LogP contribution is -2.22. The number of carbonyl (C=O) groups excluding carboxylic acids is 1. The van der Waals surface area contributed by atoms with Gasteiger partial charge in [0.15, 0.2) is 11.6 Å². The molecule has 0 aromatic heterocycles. The van der Waals surface area contributed by atoms with Crippen LogP contribution in [0.2, 0.25) is 0 Å². The third-order valence-corrected chi connectivity index (χ3v) is 5.31. The van der Waals surface area contributed by atoms with E-state index in [-0.39, 0.29) is 18.0 Å². The number of hydrogen-bond acceptors (Lipinski definition) is 3. The minimum absolute atomic E-state index is 0.0278. The summed E-state index contributed by atoms with van der Waals surface area (Å²) in [5.74, 6) is -1.83. The fourth-order valence-electron chi connectivity index (χ4n) is 3.88. The molecular formula is C25H24F2N2O2. The fraction of sp³-hybridized carbons (Fsp3) is 0.240. The number of amides is 1. The highest BCUT2D eigenvalue weighted by Gasteiger charge is 2.22. The van der Waals surface area contributed by atoms with E-state index in [1.165, 1.54) is 0 Å². The zero-order valence-electron chi connectivity index (χ0n) is 17.1. The van der Waals surface area contributed by atoms with Gasteiger partial charge in [-0.1, -0.05) is 60.7 Å². The van der Waals surface area contributed by atoms with Crippen LogP contribution < -0.4 is 10.2 Å². The van der Waals surface area contributed by atoms with Gasteiger partial charge in [0.1, 0.15) is 18.4 Å². The summed E-state index contributed by atoms with van der Waals surface area (Å²) in [5.41, 5.74) is 1.87. The molecule has 1 fully saturated rings. The predicted molar refractivity (Wildman–Crippen MR) is 117 cm³/mol. The van der Waals surface area contributed by atoms with E-state index in [1.807, 2.05) is 60.7 Å². The van der Waals surface area contributed by atoms with E-state index in [1.54, 1.807) is 4.90 Å². The Morgan fingerprint density at radius 1 is 0.903 bits per heavy atom. The van der Waals surface area contributed by atoms with Gasteiger partial charge in [-0.15, -0.1) is 0 Å². The first-order valence-electron chi connectivity index (χ1n) is 10.4. The van der Waals surface area contributed by atoms with Crippen LogP contribution in [0.4, 0.5) is 20.2 Å². The van der Waals surface area contributed by atoms with Crippen molar-refractivity contribution in [2.75, 3.05) is 29.9 Å². The van der Waals surface area contributed by atoms with Gasteiger partial charge in [0.25, 0.3) is 0 Å². The zero-order valence-corrected chi connectivity index (χ0v) is 17.1. The second-order valence-electron chi connectivity index (χ2n) is 7.54. The molecule has 1 N–H and O–H groups in total. The molecule has 4 rings (SSSR count). The molecule has 0 bridgehead atoms. The number of carbonyl (C=O) groups is 1. The Hall–Kier alpha value is -3.25. The molecule has 0 aliphatic carbocycles. The molecule has 1 aliphatic heterocycles. The van der Waals surface area contributed by atoms with Crippen LogP contribution in [-0.4, -0.2) is 25.6 Å². The van der Waals surface area contributed by atoms with E-state index >= 15 is 0 Å². The summed E-state index contributed by atoms with van der Waals surface area (Å²) in [6, 6.07) is 21.5. The summed E-state index contributed by atoms with van der Waals surface area (Å²) in [4.78, 5) is 14.1. The Balaban J connectivity index is 1.44. The van der Waals surface area contributed by atoms with Crippen LogP contribution in [0.15, 0.2) is 72.8 Å². The van der Waals surface area contributed by atoms with Crippen molar-refractivity contribution < 1.29 is 18.3 Å². The molecule has 31 heavy (non-hydrogen) atoms. The van der Waals surface area contributed by atoms with Crippen LogP contribution >= 0.6 is 0 Å². The molecule has 6 heteroatoms. The second-order valence-corrected chi connectivity index (χ2v) is 7.54. The van der Waals surface area contributed by atoms with Crippen LogP contribution in [-0.2, 0) is 9.53 Å². The zero-order chi connectivity index (χ0) is 21.6. The lowest BCUT2D eigenvalue weighted by atomic mass is 10.0. The molecule has 0 saturated carbocycles. The number of rotatable bonds is 7. The van der Waals surface area contributed by atoms with Crippen molar-refractivity contribution in [3.8, 4) is 0 Å². The molecular weight excluding hydrogens is 398 g/mol. The summed E-state index contributed by atoms with van der Waals surface area (Å²) in [6.07, 6.45) is 1.40. The summed E-state index contributed by atoms with van der Waals surface area (Å²) < 4.78 is 34.9. The van der Waals surface area contributed by atoms with Crippen molar-refractivity contribution in [3.63, 3.8) is 0 Å². The summed E-state index contributed by atoms with van der Waals surface area (Å²) in [7, 11) is 0. The first kappa shape index (κ1) is 21.0. The maximum Gasteiger partial charge on any atom is 0.250 e. The molecule has 1 heterocycles. The number of hydrogen-bond donors (Lipinski definition) is 1. The number of anilines is 2. The molecule has 1 aliphatic rings. The first-order chi connectivity index (χ1) is 15.1. The van der Waals surface area contributed by atoms with Crippen molar-refractivity contribution in [1.29, 1.82) is 0 Å². The van der Waals surface area contributed by atoms with Gasteiger partial charge < -0.3 is 15.0 Å². The van der Waals surface area contributed by atoms with Crippen LogP contribution in [0.25, 0.3) is 0 Å². The average Bonchev–Trinajstić information content (AvgIpc) is 3.29. The van der Waals surface area contributed by atoms with Gasteiger partial charge in [0.2, 0.25) is 5.91 Å². The molecule has 1 saturated heterocycles. The number of benzene rings is 3. The molecule has 0 spiro atoms. The Bertz CT molecular complexity index is 960. The van der Waals surface area contributed by atoms with Gasteiger partial charge in [-0.2, -0.15) is 0 Å². The highest BCUT2D eigenvalue weighted by Crippen LogP contribution is 2.30. The molecule has 0 radical (unpaired) electrons. The van der Waals surface area contributed by atoms with E-state index in [4.69, 9.17) is 4.74 Å². The third kappa shape index (κ3) is 5.09. The highest BCUT2D eigenvalue weighted by molar-refractivity contribution is 5.92. The molecule has 3 aromatic rings. The highest BCUT2D eigenvalue weighted by atomic mass is 19.1. The first-order valence-corrected chi connectivity index (χ1v) is 10.4. The number of ether oxygens (including phenoxy) is 1. The van der Waals surface area contributed by atoms with E-state index < -0.39 is 23.6 Å². The van der Waals surface area contributed by atoms with Gasteiger partial charge >= 0.3 is 0 Å². The van der Waals surface area contributed by atoms with Gasteiger partial charge in [-0.05, 0) is 36.1 Å². The Morgan fingerprint density at radius 2 is 1.42 bits per heavy atom. The van der Waals surface area contributed by atoms with Crippen molar-refractivity contribution in [3.05, 3.63) is 95.6 Å². The Kier molecular flexibility index (Phi) is 6.57. The smallest absolute Gasteiger partial charge is 0.250 e. The van der Waals surface area contributed by atoms with Crippen molar-refractivity contribution in [1.82, 2.24) is 0 Å². The number of halogens is 2. The van der Waals surface area contributed by atoms with Gasteiger partial charge in [0, 0.05) is 18.8 Å². The van der Waals surface area contributed by atoms with Gasteiger partial charge in [-0.25, -0.2) is 8.78 Å². The molecule has 0 atom stereocenters. The lowest BCUT2D eigenvalue weighted by Gasteiger charge is -2.20. The molecule has 0 unspecified atom stereocenters. The van der Waals surface area contributed by atoms with Gasteiger partial charge in [-0.3, -0.25) is 4.79 Å². The summed E-state index contributed by atoms with van der Waals surface area (Å²) >= 11 is 0. The minimum Gasteiger partial charge on any atom is -0.367 e. The molecule has 1 amide bonds. The Labute approximate surface area is 180 Å². The monoisotopic (exact) mass is 422 g/mol. The largest absolute Gasteiger partial charge is 0.367 e. The van der Waals surface area contributed by atoms with Crippen molar-refractivity contribution >= 4 is 17.3 Å². The maximum absolute atomic E-state index is 14.5. The van der Waals surface area contributed by atoms with E-state index in [0.29, 0.717) is 13.1 Å². The van der Waals surface area contributed by atoms with Crippen molar-refractivity contribution in [2.45, 2.75) is 18.9 Å². The van der Waals surface area contributed by atoms with Crippen LogP contribution in [0, 0.1) is 11.6 Å². The predicted octanol–water partition coefficient (Wildman–Crippen LogP) is 5.31. The van der Waals surface area contributed by atoms with Crippen LogP contribution in [0.1, 0.15) is 30.1 Å². The average molecular weight is 422 g/mol. The van der Waals surface area contributed by atoms with E-state index in [2.05, 4.69) is 5.32 Å².